The summed E-state index contributed by atoms with van der Waals surface area (Å²) in [5.41, 5.74) is 5.68. The lowest BCUT2D eigenvalue weighted by Crippen LogP contribution is -2.46. The number of piperidine rings is 1. The highest BCUT2D eigenvalue weighted by Gasteiger charge is 2.27. The molecule has 124 valence electrons. The van der Waals surface area contributed by atoms with Crippen LogP contribution in [0.1, 0.15) is 45.4 Å². The summed E-state index contributed by atoms with van der Waals surface area (Å²) in [5.74, 6) is 0.408. The maximum atomic E-state index is 12.4. The van der Waals surface area contributed by atoms with E-state index in [4.69, 9.17) is 5.73 Å². The molecule has 2 unspecified atom stereocenters. The molecule has 0 aromatic heterocycles. The smallest absolute Gasteiger partial charge is 0.223 e. The van der Waals surface area contributed by atoms with E-state index in [-0.39, 0.29) is 17.9 Å². The van der Waals surface area contributed by atoms with Crippen molar-refractivity contribution in [3.05, 3.63) is 0 Å². The van der Waals surface area contributed by atoms with Gasteiger partial charge in [-0.2, -0.15) is 0 Å². The summed E-state index contributed by atoms with van der Waals surface area (Å²) in [6, 6.07) is 0.149. The molecule has 1 amide bonds. The Hall–Kier alpha value is -0.660. The molecule has 1 saturated heterocycles. The fourth-order valence-electron chi connectivity index (χ4n) is 2.80. The number of nitrogens with one attached hydrogen (secondary N) is 1. The zero-order valence-corrected chi connectivity index (χ0v) is 14.0. The summed E-state index contributed by atoms with van der Waals surface area (Å²) in [7, 11) is -3.16. The van der Waals surface area contributed by atoms with Gasteiger partial charge in [-0.05, 0) is 38.1 Å². The zero-order chi connectivity index (χ0) is 15.9. The second-order valence-corrected chi connectivity index (χ2v) is 7.74. The molecule has 0 spiro atoms. The molecule has 1 rings (SSSR count). The van der Waals surface area contributed by atoms with E-state index < -0.39 is 10.0 Å². The minimum Gasteiger partial charge on any atom is -0.340 e. The van der Waals surface area contributed by atoms with Gasteiger partial charge in [0, 0.05) is 25.6 Å². The van der Waals surface area contributed by atoms with E-state index in [2.05, 4.69) is 11.6 Å². The standard InChI is InChI=1S/C14H29N3O3S/c1-3-12(11-15)10-14(18)17-9-5-4-6-13(17)7-8-16-21(2,19)20/h12-13,16H,3-11,15H2,1-2H3. The Labute approximate surface area is 128 Å². The Bertz CT molecular complexity index is 421. The van der Waals surface area contributed by atoms with E-state index in [1.807, 2.05) is 4.90 Å². The molecule has 2 atom stereocenters. The maximum absolute atomic E-state index is 12.4. The van der Waals surface area contributed by atoms with Crippen LogP contribution in [0.15, 0.2) is 0 Å². The van der Waals surface area contributed by atoms with Crippen molar-refractivity contribution in [2.24, 2.45) is 11.7 Å². The van der Waals surface area contributed by atoms with Gasteiger partial charge in [0.1, 0.15) is 0 Å². The molecular weight excluding hydrogens is 290 g/mol. The summed E-state index contributed by atoms with van der Waals surface area (Å²) in [4.78, 5) is 14.4. The predicted octanol–water partition coefficient (Wildman–Crippen LogP) is 0.682. The Kier molecular flexibility index (Phi) is 7.62. The van der Waals surface area contributed by atoms with Gasteiger partial charge in [-0.3, -0.25) is 4.79 Å². The maximum Gasteiger partial charge on any atom is 0.223 e. The molecule has 0 radical (unpaired) electrons. The van der Waals surface area contributed by atoms with Gasteiger partial charge in [-0.15, -0.1) is 0 Å². The number of sulfonamides is 1. The van der Waals surface area contributed by atoms with Crippen LogP contribution >= 0.6 is 0 Å². The molecule has 1 aliphatic rings. The van der Waals surface area contributed by atoms with E-state index in [1.54, 1.807) is 0 Å². The van der Waals surface area contributed by atoms with Crippen LogP contribution in [-0.2, 0) is 14.8 Å². The first-order valence-corrected chi connectivity index (χ1v) is 9.70. The first kappa shape index (κ1) is 18.4. The first-order chi connectivity index (χ1) is 9.87. The van der Waals surface area contributed by atoms with Crippen molar-refractivity contribution in [3.63, 3.8) is 0 Å². The van der Waals surface area contributed by atoms with Gasteiger partial charge in [-0.1, -0.05) is 13.3 Å². The van der Waals surface area contributed by atoms with Crippen molar-refractivity contribution in [1.29, 1.82) is 0 Å². The van der Waals surface area contributed by atoms with Crippen LogP contribution in [0.2, 0.25) is 0 Å². The first-order valence-electron chi connectivity index (χ1n) is 7.81. The summed E-state index contributed by atoms with van der Waals surface area (Å²) in [6.07, 6.45) is 6.33. The van der Waals surface area contributed by atoms with E-state index in [1.165, 1.54) is 0 Å². The SMILES string of the molecule is CCC(CN)CC(=O)N1CCCCC1CCNS(C)(=O)=O. The molecule has 6 nitrogen and oxygen atoms in total. The van der Waals surface area contributed by atoms with Gasteiger partial charge in [-0.25, -0.2) is 13.1 Å². The minimum absolute atomic E-state index is 0.149. The number of hydrogen-bond acceptors (Lipinski definition) is 4. The monoisotopic (exact) mass is 319 g/mol. The van der Waals surface area contributed by atoms with Gasteiger partial charge in [0.2, 0.25) is 15.9 Å². The average Bonchev–Trinajstić information content (AvgIpc) is 2.43. The number of carbonyl (C=O) groups is 1. The largest absolute Gasteiger partial charge is 0.340 e. The lowest BCUT2D eigenvalue weighted by Gasteiger charge is -2.36. The van der Waals surface area contributed by atoms with Crippen LogP contribution in [0.25, 0.3) is 0 Å². The van der Waals surface area contributed by atoms with Gasteiger partial charge in [0.25, 0.3) is 0 Å². The molecule has 0 bridgehead atoms. The number of hydrogen-bond donors (Lipinski definition) is 2. The summed E-state index contributed by atoms with van der Waals surface area (Å²) < 4.78 is 24.7. The summed E-state index contributed by atoms with van der Waals surface area (Å²) in [6.45, 7) is 3.76. The Morgan fingerprint density at radius 3 is 2.71 bits per heavy atom. The second kappa shape index (κ2) is 8.70. The van der Waals surface area contributed by atoms with Crippen LogP contribution in [0.3, 0.4) is 0 Å². The van der Waals surface area contributed by atoms with Crippen LogP contribution in [0.5, 0.6) is 0 Å². The van der Waals surface area contributed by atoms with Gasteiger partial charge >= 0.3 is 0 Å². The Morgan fingerprint density at radius 2 is 2.14 bits per heavy atom. The normalized spacial score (nSPS) is 21.3. The minimum atomic E-state index is -3.16. The molecule has 0 aromatic carbocycles. The van der Waals surface area contributed by atoms with E-state index >= 15 is 0 Å². The third-order valence-corrected chi connectivity index (χ3v) is 4.89. The van der Waals surface area contributed by atoms with Crippen LogP contribution in [0.4, 0.5) is 0 Å². The van der Waals surface area contributed by atoms with Gasteiger partial charge in [0.15, 0.2) is 0 Å². The van der Waals surface area contributed by atoms with E-state index in [0.29, 0.717) is 25.9 Å². The molecule has 1 fully saturated rings. The molecular formula is C14H29N3O3S. The van der Waals surface area contributed by atoms with Crippen LogP contribution in [0, 0.1) is 5.92 Å². The van der Waals surface area contributed by atoms with Crippen molar-refractivity contribution in [2.45, 2.75) is 51.5 Å². The average molecular weight is 319 g/mol. The number of nitrogens with two attached hydrogens (primary N) is 1. The van der Waals surface area contributed by atoms with E-state index in [0.717, 1.165) is 38.5 Å². The molecule has 1 aliphatic heterocycles. The number of nitrogens with zero attached hydrogens (tertiary/aromatic N) is 1. The molecule has 0 aromatic rings. The fourth-order valence-corrected chi connectivity index (χ4v) is 3.29. The fraction of sp³-hybridized carbons (Fsp3) is 0.929. The third kappa shape index (κ3) is 6.76. The highest BCUT2D eigenvalue weighted by Crippen LogP contribution is 2.22. The van der Waals surface area contributed by atoms with Crippen LogP contribution < -0.4 is 10.5 Å². The Balaban J connectivity index is 2.53. The lowest BCUT2D eigenvalue weighted by atomic mass is 9.96. The quantitative estimate of drug-likeness (QED) is 0.688. The van der Waals surface area contributed by atoms with Crippen molar-refractivity contribution in [3.8, 4) is 0 Å². The number of rotatable bonds is 8. The number of amides is 1. The predicted molar refractivity (Wildman–Crippen MR) is 84.3 cm³/mol. The number of likely N-dealkylation sites (tertiary alicyclic amines) is 1. The highest BCUT2D eigenvalue weighted by molar-refractivity contribution is 7.88. The third-order valence-electron chi connectivity index (χ3n) is 4.16. The topological polar surface area (TPSA) is 92.5 Å². The van der Waals surface area contributed by atoms with E-state index in [9.17, 15) is 13.2 Å². The molecule has 21 heavy (non-hydrogen) atoms. The molecule has 7 heteroatoms. The number of carbonyl (C=O) groups excluding carboxylic acids is 1. The van der Waals surface area contributed by atoms with Crippen molar-refractivity contribution in [2.75, 3.05) is 25.9 Å². The summed E-state index contributed by atoms with van der Waals surface area (Å²) >= 11 is 0. The second-order valence-electron chi connectivity index (χ2n) is 5.91. The van der Waals surface area contributed by atoms with Gasteiger partial charge in [0.05, 0.1) is 6.26 Å². The van der Waals surface area contributed by atoms with Crippen molar-refractivity contribution >= 4 is 15.9 Å². The van der Waals surface area contributed by atoms with Crippen LogP contribution in [-0.4, -0.2) is 51.2 Å². The molecule has 3 N–H and O–H groups in total. The molecule has 0 saturated carbocycles. The highest BCUT2D eigenvalue weighted by atomic mass is 32.2. The lowest BCUT2D eigenvalue weighted by molar-refractivity contribution is -0.136. The summed E-state index contributed by atoms with van der Waals surface area (Å²) in [5, 5.41) is 0. The van der Waals surface area contributed by atoms with Crippen molar-refractivity contribution < 1.29 is 13.2 Å². The zero-order valence-electron chi connectivity index (χ0n) is 13.2. The molecule has 0 aliphatic carbocycles. The van der Waals surface area contributed by atoms with Crippen molar-refractivity contribution in [1.82, 2.24) is 9.62 Å². The molecule has 1 heterocycles. The van der Waals surface area contributed by atoms with Gasteiger partial charge < -0.3 is 10.6 Å². The Morgan fingerprint density at radius 1 is 1.43 bits per heavy atom.